The highest BCUT2D eigenvalue weighted by Gasteiger charge is 2.41. The van der Waals surface area contributed by atoms with Crippen molar-refractivity contribution in [2.45, 2.75) is 64.6 Å². The van der Waals surface area contributed by atoms with Crippen LogP contribution in [0, 0.1) is 0 Å². The largest absolute Gasteiger partial charge is 0.476 e. The molecule has 1 fully saturated rings. The van der Waals surface area contributed by atoms with Crippen LogP contribution in [0.2, 0.25) is 5.02 Å². The van der Waals surface area contributed by atoms with Gasteiger partial charge in [-0.05, 0) is 71.7 Å². The zero-order chi connectivity index (χ0) is 22.2. The van der Waals surface area contributed by atoms with Gasteiger partial charge < -0.3 is 9.47 Å². The van der Waals surface area contributed by atoms with Crippen LogP contribution in [0.3, 0.4) is 0 Å². The number of rotatable bonds is 5. The molecule has 3 aromatic rings. The van der Waals surface area contributed by atoms with Crippen molar-refractivity contribution in [3.05, 3.63) is 53.6 Å². The lowest BCUT2D eigenvalue weighted by Gasteiger charge is -2.45. The number of halogens is 1. The maximum absolute atomic E-state index is 6.29. The number of imidazole rings is 1. The van der Waals surface area contributed by atoms with Crippen LogP contribution in [-0.2, 0) is 4.74 Å². The maximum atomic E-state index is 6.29. The molecule has 0 aliphatic carbocycles. The Kier molecular flexibility index (Phi) is 5.79. The zero-order valence-electron chi connectivity index (χ0n) is 18.7. The molecule has 1 saturated heterocycles. The molecule has 0 unspecified atom stereocenters. The topological polar surface area (TPSA) is 62.1 Å². The molecule has 3 heterocycles. The van der Waals surface area contributed by atoms with E-state index in [1.54, 1.807) is 12.4 Å². The van der Waals surface area contributed by atoms with Gasteiger partial charge in [-0.25, -0.2) is 15.0 Å². The van der Waals surface area contributed by atoms with E-state index in [4.69, 9.17) is 26.1 Å². The summed E-state index contributed by atoms with van der Waals surface area (Å²) in [6.45, 7) is 11.0. The van der Waals surface area contributed by atoms with E-state index in [1.807, 2.05) is 35.8 Å². The zero-order valence-corrected chi connectivity index (χ0v) is 19.5. The van der Waals surface area contributed by atoms with E-state index in [1.165, 1.54) is 0 Å². The van der Waals surface area contributed by atoms with Crippen LogP contribution < -0.4 is 4.74 Å². The molecule has 7 heteroatoms. The molecular weight excluding hydrogens is 412 g/mol. The van der Waals surface area contributed by atoms with Crippen molar-refractivity contribution in [1.29, 1.82) is 0 Å². The molecule has 0 saturated carbocycles. The van der Waals surface area contributed by atoms with E-state index in [0.29, 0.717) is 29.0 Å². The Balaban J connectivity index is 1.84. The van der Waals surface area contributed by atoms with Crippen LogP contribution in [0.1, 0.15) is 59.1 Å². The molecule has 0 atom stereocenters. The normalized spacial score (nSPS) is 18.1. The predicted molar refractivity (Wildman–Crippen MR) is 122 cm³/mol. The van der Waals surface area contributed by atoms with Gasteiger partial charge in [-0.3, -0.25) is 4.57 Å². The van der Waals surface area contributed by atoms with Crippen molar-refractivity contribution in [3.8, 4) is 23.1 Å². The van der Waals surface area contributed by atoms with Crippen LogP contribution >= 0.6 is 11.6 Å². The van der Waals surface area contributed by atoms with Crippen LogP contribution in [0.15, 0.2) is 42.9 Å². The molecule has 0 radical (unpaired) electrons. The molecule has 0 amide bonds. The third-order valence-electron chi connectivity index (χ3n) is 5.43. The Morgan fingerprint density at radius 1 is 1.06 bits per heavy atom. The number of ether oxygens (including phenoxy) is 2. The van der Waals surface area contributed by atoms with Crippen molar-refractivity contribution in [1.82, 2.24) is 19.5 Å². The molecule has 4 rings (SSSR count). The Morgan fingerprint density at radius 3 is 2.35 bits per heavy atom. The van der Waals surface area contributed by atoms with Gasteiger partial charge in [0, 0.05) is 35.2 Å². The summed E-state index contributed by atoms with van der Waals surface area (Å²) in [4.78, 5) is 14.0. The van der Waals surface area contributed by atoms with E-state index in [2.05, 4.69) is 43.9 Å². The van der Waals surface area contributed by atoms with Crippen LogP contribution in [-0.4, -0.2) is 37.3 Å². The van der Waals surface area contributed by atoms with E-state index in [0.717, 1.165) is 24.2 Å². The van der Waals surface area contributed by atoms with Crippen molar-refractivity contribution in [2.75, 3.05) is 6.61 Å². The monoisotopic (exact) mass is 440 g/mol. The van der Waals surface area contributed by atoms with Gasteiger partial charge in [-0.15, -0.1) is 0 Å². The SMILES string of the molecule is CCOc1nccnc1-c1nc(C2CC(C)(C)OC(C)(C)C2)cn1-c1ccc(Cl)cc1. The first-order valence-electron chi connectivity index (χ1n) is 10.7. The van der Waals surface area contributed by atoms with Gasteiger partial charge in [0.15, 0.2) is 11.5 Å². The molecule has 0 N–H and O–H groups in total. The molecule has 6 nitrogen and oxygen atoms in total. The van der Waals surface area contributed by atoms with Gasteiger partial charge in [0.05, 0.1) is 23.5 Å². The highest BCUT2D eigenvalue weighted by Crippen LogP contribution is 2.44. The summed E-state index contributed by atoms with van der Waals surface area (Å²) < 4.78 is 14.1. The minimum absolute atomic E-state index is 0.223. The molecular formula is C24H29ClN4O2. The molecule has 2 aromatic heterocycles. The smallest absolute Gasteiger partial charge is 0.243 e. The summed E-state index contributed by atoms with van der Waals surface area (Å²) in [7, 11) is 0. The third kappa shape index (κ3) is 4.75. The molecule has 1 aromatic carbocycles. The first-order valence-corrected chi connectivity index (χ1v) is 11.0. The highest BCUT2D eigenvalue weighted by atomic mass is 35.5. The quantitative estimate of drug-likeness (QED) is 0.499. The first-order chi connectivity index (χ1) is 14.7. The van der Waals surface area contributed by atoms with Crippen molar-refractivity contribution >= 4 is 11.6 Å². The first kappa shape index (κ1) is 21.8. The lowest BCUT2D eigenvalue weighted by molar-refractivity contribution is -0.162. The summed E-state index contributed by atoms with van der Waals surface area (Å²) >= 11 is 6.13. The van der Waals surface area contributed by atoms with E-state index >= 15 is 0 Å². The number of aromatic nitrogens is 4. The second kappa shape index (κ2) is 8.24. The van der Waals surface area contributed by atoms with Gasteiger partial charge in [-0.2, -0.15) is 0 Å². The van der Waals surface area contributed by atoms with E-state index in [9.17, 15) is 0 Å². The van der Waals surface area contributed by atoms with Gasteiger partial charge in [0.2, 0.25) is 5.88 Å². The van der Waals surface area contributed by atoms with Gasteiger partial charge in [0.1, 0.15) is 0 Å². The summed E-state index contributed by atoms with van der Waals surface area (Å²) in [5.74, 6) is 1.44. The number of hydrogen-bond donors (Lipinski definition) is 0. The lowest BCUT2D eigenvalue weighted by Crippen LogP contribution is -2.44. The lowest BCUT2D eigenvalue weighted by atomic mass is 9.79. The predicted octanol–water partition coefficient (Wildman–Crippen LogP) is 5.83. The van der Waals surface area contributed by atoms with E-state index < -0.39 is 0 Å². The average Bonchev–Trinajstić information content (AvgIpc) is 3.12. The van der Waals surface area contributed by atoms with Gasteiger partial charge in [0.25, 0.3) is 0 Å². The second-order valence-electron chi connectivity index (χ2n) is 9.21. The van der Waals surface area contributed by atoms with Crippen LogP contribution in [0.25, 0.3) is 17.2 Å². The van der Waals surface area contributed by atoms with Crippen molar-refractivity contribution in [2.24, 2.45) is 0 Å². The fourth-order valence-corrected chi connectivity index (χ4v) is 4.71. The van der Waals surface area contributed by atoms with Crippen LogP contribution in [0.5, 0.6) is 5.88 Å². The molecule has 1 aliphatic rings. The molecule has 31 heavy (non-hydrogen) atoms. The number of hydrogen-bond acceptors (Lipinski definition) is 5. The Morgan fingerprint density at radius 2 is 1.71 bits per heavy atom. The number of nitrogens with zero attached hydrogens (tertiary/aromatic N) is 4. The minimum Gasteiger partial charge on any atom is -0.476 e. The van der Waals surface area contributed by atoms with Gasteiger partial charge in [-0.1, -0.05) is 11.6 Å². The van der Waals surface area contributed by atoms with Crippen molar-refractivity contribution in [3.63, 3.8) is 0 Å². The Hall–Kier alpha value is -2.44. The summed E-state index contributed by atoms with van der Waals surface area (Å²) in [5.41, 5.74) is 2.15. The third-order valence-corrected chi connectivity index (χ3v) is 5.69. The van der Waals surface area contributed by atoms with Crippen LogP contribution in [0.4, 0.5) is 0 Å². The molecule has 164 valence electrons. The second-order valence-corrected chi connectivity index (χ2v) is 9.64. The summed E-state index contributed by atoms with van der Waals surface area (Å²) in [6, 6.07) is 7.71. The minimum atomic E-state index is -0.223. The fourth-order valence-electron chi connectivity index (χ4n) is 4.58. The van der Waals surface area contributed by atoms with Gasteiger partial charge >= 0.3 is 0 Å². The average molecular weight is 441 g/mol. The molecule has 1 aliphatic heterocycles. The highest BCUT2D eigenvalue weighted by molar-refractivity contribution is 6.30. The summed E-state index contributed by atoms with van der Waals surface area (Å²) in [6.07, 6.45) is 7.19. The summed E-state index contributed by atoms with van der Waals surface area (Å²) in [5, 5.41) is 0.688. The standard InChI is InChI=1S/C24H29ClN4O2/c1-6-30-22-20(26-11-12-27-22)21-28-19(15-29(21)18-9-7-17(25)8-10-18)16-13-23(2,3)31-24(4,5)14-16/h7-12,15-16H,6,13-14H2,1-5H3. The molecule has 0 spiro atoms. The van der Waals surface area contributed by atoms with E-state index in [-0.39, 0.29) is 17.1 Å². The number of benzene rings is 1. The fraction of sp³-hybridized carbons (Fsp3) is 0.458. The Bertz CT molecular complexity index is 1040. The molecule has 0 bridgehead atoms. The maximum Gasteiger partial charge on any atom is 0.243 e. The van der Waals surface area contributed by atoms with Crippen molar-refractivity contribution < 1.29 is 9.47 Å². The Labute approximate surface area is 188 Å².